The summed E-state index contributed by atoms with van der Waals surface area (Å²) in [5, 5.41) is 18.8. The van der Waals surface area contributed by atoms with E-state index in [1.165, 1.54) is 6.61 Å². The molecule has 1 aliphatic rings. The second-order valence-corrected chi connectivity index (χ2v) is 2.88. The van der Waals surface area contributed by atoms with E-state index in [9.17, 15) is 10.2 Å². The maximum Gasteiger partial charge on any atom is 0.116 e. The maximum absolute atomic E-state index is 9.45. The molecular weight excluding hydrogens is 160 g/mol. The van der Waals surface area contributed by atoms with Crippen molar-refractivity contribution >= 4 is 0 Å². The van der Waals surface area contributed by atoms with Crippen molar-refractivity contribution in [1.82, 2.24) is 0 Å². The first-order chi connectivity index (χ1) is 5.66. The Kier molecular flexibility index (Phi) is 3.46. The van der Waals surface area contributed by atoms with Gasteiger partial charge < -0.3 is 19.7 Å². The number of aliphatic hydroxyl groups is 2. The van der Waals surface area contributed by atoms with Gasteiger partial charge in [0, 0.05) is 6.61 Å². The van der Waals surface area contributed by atoms with Crippen LogP contribution >= 0.6 is 0 Å². The fraction of sp³-hybridized carbons (Fsp3) is 0.875. The van der Waals surface area contributed by atoms with Crippen molar-refractivity contribution in [1.29, 1.82) is 0 Å². The molecule has 0 aliphatic carbocycles. The third-order valence-electron chi connectivity index (χ3n) is 1.95. The molecule has 0 saturated carbocycles. The number of hydrogen-bond donors (Lipinski definition) is 2. The van der Waals surface area contributed by atoms with Crippen LogP contribution in [0.4, 0.5) is 0 Å². The van der Waals surface area contributed by atoms with Gasteiger partial charge in [0.1, 0.15) is 24.9 Å². The minimum absolute atomic E-state index is 0.364. The summed E-state index contributed by atoms with van der Waals surface area (Å²) in [6, 6.07) is 0. The van der Waals surface area contributed by atoms with Crippen molar-refractivity contribution in [3.63, 3.8) is 0 Å². The van der Waals surface area contributed by atoms with Crippen molar-refractivity contribution in [2.45, 2.75) is 38.3 Å². The van der Waals surface area contributed by atoms with Gasteiger partial charge in [-0.3, -0.25) is 0 Å². The first-order valence-electron chi connectivity index (χ1n) is 4.13. The van der Waals surface area contributed by atoms with Gasteiger partial charge in [0.25, 0.3) is 0 Å². The summed E-state index contributed by atoms with van der Waals surface area (Å²) in [7, 11) is 0. The summed E-state index contributed by atoms with van der Waals surface area (Å²) in [6.07, 6.45) is -2.63. The molecule has 2 N–H and O–H groups in total. The molecule has 1 radical (unpaired) electrons. The molecule has 0 aromatic heterocycles. The maximum atomic E-state index is 9.45. The fourth-order valence-corrected chi connectivity index (χ4v) is 1.16. The molecule has 0 aromatic rings. The molecule has 4 atom stereocenters. The van der Waals surface area contributed by atoms with Crippen molar-refractivity contribution < 1.29 is 19.7 Å². The Morgan fingerprint density at radius 2 is 2.08 bits per heavy atom. The van der Waals surface area contributed by atoms with Gasteiger partial charge in [0.2, 0.25) is 0 Å². The Hall–Kier alpha value is -0.160. The molecule has 0 amide bonds. The third-order valence-corrected chi connectivity index (χ3v) is 1.95. The van der Waals surface area contributed by atoms with E-state index in [1.54, 1.807) is 6.92 Å². The van der Waals surface area contributed by atoms with Gasteiger partial charge in [0.15, 0.2) is 0 Å². The predicted molar refractivity (Wildman–Crippen MR) is 42.3 cm³/mol. The molecule has 0 unspecified atom stereocenters. The Morgan fingerprint density at radius 1 is 1.42 bits per heavy atom. The van der Waals surface area contributed by atoms with E-state index < -0.39 is 18.3 Å². The number of rotatable bonds is 2. The molecular formula is C8H15O4. The normalized spacial score (nSPS) is 43.0. The van der Waals surface area contributed by atoms with E-state index in [-0.39, 0.29) is 6.10 Å². The van der Waals surface area contributed by atoms with Crippen molar-refractivity contribution in [2.24, 2.45) is 0 Å². The molecule has 1 fully saturated rings. The second-order valence-electron chi connectivity index (χ2n) is 2.88. The topological polar surface area (TPSA) is 58.9 Å². The number of aliphatic hydroxyl groups excluding tert-OH is 2. The van der Waals surface area contributed by atoms with Crippen molar-refractivity contribution in [2.75, 3.05) is 6.61 Å². The molecule has 71 valence electrons. The lowest BCUT2D eigenvalue weighted by atomic mass is 10.0. The van der Waals surface area contributed by atoms with Crippen LogP contribution in [0.15, 0.2) is 0 Å². The van der Waals surface area contributed by atoms with Crippen LogP contribution < -0.4 is 0 Å². The Morgan fingerprint density at radius 3 is 2.67 bits per heavy atom. The van der Waals surface area contributed by atoms with Crippen LogP contribution in [0.3, 0.4) is 0 Å². The zero-order valence-electron chi connectivity index (χ0n) is 7.30. The van der Waals surface area contributed by atoms with Crippen LogP contribution in [0.2, 0.25) is 0 Å². The standard InChI is InChI=1S/C8H15O4/c1-3-11-6-4-12-5(2)7(9)8(6)10/h4-10H,3H2,1-2H3/t5-,6-,7-,8-/m0/s1. The highest BCUT2D eigenvalue weighted by molar-refractivity contribution is 4.90. The molecule has 0 spiro atoms. The summed E-state index contributed by atoms with van der Waals surface area (Å²) in [5.41, 5.74) is 0. The van der Waals surface area contributed by atoms with E-state index in [0.717, 1.165) is 0 Å². The minimum Gasteiger partial charge on any atom is -0.388 e. The third kappa shape index (κ3) is 1.95. The zero-order valence-corrected chi connectivity index (χ0v) is 7.30. The lowest BCUT2D eigenvalue weighted by molar-refractivity contribution is -0.169. The van der Waals surface area contributed by atoms with Crippen LogP contribution in [0.5, 0.6) is 0 Å². The van der Waals surface area contributed by atoms with Crippen LogP contribution in [-0.2, 0) is 9.47 Å². The van der Waals surface area contributed by atoms with E-state index in [2.05, 4.69) is 0 Å². The monoisotopic (exact) mass is 175 g/mol. The molecule has 0 aromatic carbocycles. The Labute approximate surface area is 72.1 Å². The molecule has 4 heteroatoms. The highest BCUT2D eigenvalue weighted by Gasteiger charge is 2.36. The lowest BCUT2D eigenvalue weighted by Gasteiger charge is -2.35. The van der Waals surface area contributed by atoms with Gasteiger partial charge in [-0.1, -0.05) is 0 Å². The average Bonchev–Trinajstić information content (AvgIpc) is 2.07. The van der Waals surface area contributed by atoms with E-state index in [1.807, 2.05) is 6.92 Å². The predicted octanol–water partition coefficient (Wildman–Crippen LogP) is -0.306. The van der Waals surface area contributed by atoms with Gasteiger partial charge >= 0.3 is 0 Å². The molecule has 4 nitrogen and oxygen atoms in total. The highest BCUT2D eigenvalue weighted by atomic mass is 16.6. The average molecular weight is 175 g/mol. The van der Waals surface area contributed by atoms with Crippen molar-refractivity contribution in [3.05, 3.63) is 6.61 Å². The molecule has 12 heavy (non-hydrogen) atoms. The summed E-state index contributed by atoms with van der Waals surface area (Å²) in [5.74, 6) is 0. The molecule has 1 heterocycles. The summed E-state index contributed by atoms with van der Waals surface area (Å²) < 4.78 is 10.2. The Balaban J connectivity index is 2.46. The van der Waals surface area contributed by atoms with Crippen LogP contribution in [0.25, 0.3) is 0 Å². The highest BCUT2D eigenvalue weighted by Crippen LogP contribution is 2.20. The van der Waals surface area contributed by atoms with Crippen LogP contribution in [0.1, 0.15) is 13.8 Å². The summed E-state index contributed by atoms with van der Waals surface area (Å²) in [6.45, 7) is 5.45. The quantitative estimate of drug-likeness (QED) is 0.604. The van der Waals surface area contributed by atoms with Gasteiger partial charge in [-0.2, -0.15) is 0 Å². The van der Waals surface area contributed by atoms with E-state index in [0.29, 0.717) is 6.61 Å². The fourth-order valence-electron chi connectivity index (χ4n) is 1.16. The smallest absolute Gasteiger partial charge is 0.116 e. The number of ether oxygens (including phenoxy) is 2. The SMILES string of the molecule is CCO[C@H]1[CH]O[C@@H](C)[C@H](O)[C@H]1O. The van der Waals surface area contributed by atoms with Crippen LogP contribution in [0, 0.1) is 6.61 Å². The zero-order chi connectivity index (χ0) is 9.14. The number of hydrogen-bond acceptors (Lipinski definition) is 4. The lowest BCUT2D eigenvalue weighted by Crippen LogP contribution is -2.50. The van der Waals surface area contributed by atoms with E-state index >= 15 is 0 Å². The van der Waals surface area contributed by atoms with Gasteiger partial charge in [0.05, 0.1) is 6.10 Å². The molecule has 1 saturated heterocycles. The summed E-state index contributed by atoms with van der Waals surface area (Å²) in [4.78, 5) is 0. The second kappa shape index (κ2) is 4.18. The Bertz CT molecular complexity index is 139. The van der Waals surface area contributed by atoms with Crippen molar-refractivity contribution in [3.8, 4) is 0 Å². The minimum atomic E-state index is -0.881. The van der Waals surface area contributed by atoms with Gasteiger partial charge in [-0.05, 0) is 13.8 Å². The molecule has 1 rings (SSSR count). The summed E-state index contributed by atoms with van der Waals surface area (Å²) >= 11 is 0. The van der Waals surface area contributed by atoms with Gasteiger partial charge in [-0.25, -0.2) is 0 Å². The first kappa shape index (κ1) is 9.92. The van der Waals surface area contributed by atoms with E-state index in [4.69, 9.17) is 9.47 Å². The van der Waals surface area contributed by atoms with Crippen LogP contribution in [-0.4, -0.2) is 41.2 Å². The van der Waals surface area contributed by atoms with Gasteiger partial charge in [-0.15, -0.1) is 0 Å². The first-order valence-corrected chi connectivity index (χ1v) is 4.13. The molecule has 1 aliphatic heterocycles. The molecule has 0 bridgehead atoms. The largest absolute Gasteiger partial charge is 0.388 e.